The van der Waals surface area contributed by atoms with Gasteiger partial charge in [0.2, 0.25) is 0 Å². The molecule has 4 heteroatoms. The van der Waals surface area contributed by atoms with Crippen LogP contribution in [0.1, 0.15) is 20.7 Å². The Labute approximate surface area is 116 Å². The van der Waals surface area contributed by atoms with Crippen molar-refractivity contribution in [2.24, 2.45) is 0 Å². The molecule has 0 saturated carbocycles. The first-order chi connectivity index (χ1) is 9.61. The minimum Gasteiger partial charge on any atom is -0.382 e. The SMILES string of the molecule is O=C(c1ccccc1)[C@@H](O)[C@H](O)C(=O)c1ccccc1. The molecule has 0 aromatic heterocycles. The summed E-state index contributed by atoms with van der Waals surface area (Å²) in [5, 5.41) is 19.7. The number of Topliss-reactive ketones (excluding diaryl/α,β-unsaturated/α-hetero) is 2. The quantitative estimate of drug-likeness (QED) is 0.807. The predicted molar refractivity (Wildman–Crippen MR) is 73.6 cm³/mol. The summed E-state index contributed by atoms with van der Waals surface area (Å²) in [5.74, 6) is -1.36. The number of aliphatic hydroxyl groups excluding tert-OH is 2. The third-order valence-electron chi connectivity index (χ3n) is 2.95. The summed E-state index contributed by atoms with van der Waals surface area (Å²) in [7, 11) is 0. The number of ketones is 2. The second-order valence-corrected chi connectivity index (χ2v) is 4.35. The lowest BCUT2D eigenvalue weighted by Crippen LogP contribution is -2.39. The molecule has 20 heavy (non-hydrogen) atoms. The van der Waals surface area contributed by atoms with Gasteiger partial charge in [-0.15, -0.1) is 0 Å². The van der Waals surface area contributed by atoms with E-state index in [2.05, 4.69) is 0 Å². The van der Waals surface area contributed by atoms with E-state index in [-0.39, 0.29) is 11.1 Å². The van der Waals surface area contributed by atoms with Crippen LogP contribution < -0.4 is 0 Å². The Bertz CT molecular complexity index is 537. The van der Waals surface area contributed by atoms with Gasteiger partial charge in [-0.3, -0.25) is 9.59 Å². The molecule has 0 unspecified atom stereocenters. The van der Waals surface area contributed by atoms with E-state index < -0.39 is 23.8 Å². The first-order valence-corrected chi connectivity index (χ1v) is 6.16. The Morgan fingerprint density at radius 2 is 0.950 bits per heavy atom. The highest BCUT2D eigenvalue weighted by molar-refractivity contribution is 6.07. The van der Waals surface area contributed by atoms with Gasteiger partial charge in [-0.1, -0.05) is 60.7 Å². The number of rotatable bonds is 5. The van der Waals surface area contributed by atoms with Gasteiger partial charge in [-0.25, -0.2) is 0 Å². The van der Waals surface area contributed by atoms with Crippen molar-refractivity contribution in [1.82, 2.24) is 0 Å². The fourth-order valence-corrected chi connectivity index (χ4v) is 1.83. The average molecular weight is 270 g/mol. The summed E-state index contributed by atoms with van der Waals surface area (Å²) in [5.41, 5.74) is 0.500. The molecule has 102 valence electrons. The largest absolute Gasteiger partial charge is 0.382 e. The van der Waals surface area contributed by atoms with Crippen LogP contribution in [0.5, 0.6) is 0 Å². The number of hydrogen-bond donors (Lipinski definition) is 2. The van der Waals surface area contributed by atoms with Crippen molar-refractivity contribution >= 4 is 11.6 Å². The van der Waals surface area contributed by atoms with Crippen LogP contribution in [-0.4, -0.2) is 34.0 Å². The lowest BCUT2D eigenvalue weighted by atomic mass is 9.96. The topological polar surface area (TPSA) is 74.6 Å². The second kappa shape index (κ2) is 6.23. The molecule has 0 amide bonds. The molecule has 0 radical (unpaired) electrons. The van der Waals surface area contributed by atoms with Crippen molar-refractivity contribution < 1.29 is 19.8 Å². The summed E-state index contributed by atoms with van der Waals surface area (Å²) < 4.78 is 0. The van der Waals surface area contributed by atoms with Gasteiger partial charge >= 0.3 is 0 Å². The smallest absolute Gasteiger partial charge is 0.194 e. The second-order valence-electron chi connectivity index (χ2n) is 4.35. The number of carbonyl (C=O) groups excluding carboxylic acids is 2. The average Bonchev–Trinajstić information content (AvgIpc) is 2.53. The Balaban J connectivity index is 2.15. The molecule has 0 aliphatic heterocycles. The first kappa shape index (κ1) is 14.1. The predicted octanol–water partition coefficient (Wildman–Crippen LogP) is 1.47. The van der Waals surface area contributed by atoms with Crippen LogP contribution in [0.2, 0.25) is 0 Å². The normalized spacial score (nSPS) is 13.5. The highest BCUT2D eigenvalue weighted by Crippen LogP contribution is 2.11. The fraction of sp³-hybridized carbons (Fsp3) is 0.125. The van der Waals surface area contributed by atoms with Gasteiger partial charge in [0.1, 0.15) is 0 Å². The van der Waals surface area contributed by atoms with Gasteiger partial charge in [-0.2, -0.15) is 0 Å². The van der Waals surface area contributed by atoms with Crippen molar-refractivity contribution in [2.45, 2.75) is 12.2 Å². The van der Waals surface area contributed by atoms with Crippen LogP contribution >= 0.6 is 0 Å². The Morgan fingerprint density at radius 1 is 0.650 bits per heavy atom. The molecule has 2 N–H and O–H groups in total. The molecule has 4 nitrogen and oxygen atoms in total. The maximum atomic E-state index is 12.0. The van der Waals surface area contributed by atoms with Crippen molar-refractivity contribution in [3.05, 3.63) is 71.8 Å². The van der Waals surface area contributed by atoms with Crippen LogP contribution in [0, 0.1) is 0 Å². The van der Waals surface area contributed by atoms with Crippen molar-refractivity contribution in [3.8, 4) is 0 Å². The van der Waals surface area contributed by atoms with Gasteiger partial charge in [0.05, 0.1) is 0 Å². The summed E-state index contributed by atoms with van der Waals surface area (Å²) in [6, 6.07) is 16.1. The number of aliphatic hydroxyl groups is 2. The maximum absolute atomic E-state index is 12.0. The molecule has 2 aromatic rings. The summed E-state index contributed by atoms with van der Waals surface area (Å²) in [6.45, 7) is 0. The van der Waals surface area contributed by atoms with Crippen LogP contribution in [0.3, 0.4) is 0 Å². The van der Waals surface area contributed by atoms with Gasteiger partial charge in [0.15, 0.2) is 23.8 Å². The van der Waals surface area contributed by atoms with E-state index >= 15 is 0 Å². The van der Waals surface area contributed by atoms with Crippen LogP contribution in [0.15, 0.2) is 60.7 Å². The lowest BCUT2D eigenvalue weighted by Gasteiger charge is -2.15. The van der Waals surface area contributed by atoms with E-state index in [1.165, 1.54) is 24.3 Å². The molecule has 0 aliphatic carbocycles. The van der Waals surface area contributed by atoms with Gasteiger partial charge in [0, 0.05) is 11.1 Å². The Morgan fingerprint density at radius 3 is 1.25 bits per heavy atom. The molecule has 2 atom stereocenters. The molecular formula is C16H14O4. The monoisotopic (exact) mass is 270 g/mol. The van der Waals surface area contributed by atoms with Gasteiger partial charge < -0.3 is 10.2 Å². The molecule has 0 heterocycles. The lowest BCUT2D eigenvalue weighted by molar-refractivity contribution is 0.0216. The molecule has 0 bridgehead atoms. The minimum absolute atomic E-state index is 0.250. The number of hydrogen-bond acceptors (Lipinski definition) is 4. The van der Waals surface area contributed by atoms with E-state index in [0.717, 1.165) is 0 Å². The molecule has 0 fully saturated rings. The zero-order valence-electron chi connectivity index (χ0n) is 10.6. The highest BCUT2D eigenvalue weighted by atomic mass is 16.3. The van der Waals surface area contributed by atoms with Crippen molar-refractivity contribution in [1.29, 1.82) is 0 Å². The Kier molecular flexibility index (Phi) is 4.40. The highest BCUT2D eigenvalue weighted by Gasteiger charge is 2.31. The molecule has 0 aliphatic rings. The standard InChI is InChI=1S/C16H14O4/c17-13(11-7-3-1-4-8-11)15(19)16(20)14(18)12-9-5-2-6-10-12/h1-10,15-16,19-20H/t15-,16-/m1/s1. The zero-order valence-corrected chi connectivity index (χ0v) is 10.6. The molecular weight excluding hydrogens is 256 g/mol. The minimum atomic E-state index is -1.77. The number of carbonyl (C=O) groups is 2. The summed E-state index contributed by atoms with van der Waals surface area (Å²) in [4.78, 5) is 23.9. The number of benzene rings is 2. The Hall–Kier alpha value is -2.30. The van der Waals surface area contributed by atoms with E-state index in [0.29, 0.717) is 0 Å². The summed E-state index contributed by atoms with van der Waals surface area (Å²) in [6.07, 6.45) is -3.55. The third kappa shape index (κ3) is 2.99. The van der Waals surface area contributed by atoms with Crippen molar-refractivity contribution in [2.75, 3.05) is 0 Å². The summed E-state index contributed by atoms with van der Waals surface area (Å²) >= 11 is 0. The van der Waals surface area contributed by atoms with Gasteiger partial charge in [0.25, 0.3) is 0 Å². The fourth-order valence-electron chi connectivity index (χ4n) is 1.83. The molecule has 0 saturated heterocycles. The van der Waals surface area contributed by atoms with E-state index in [9.17, 15) is 19.8 Å². The molecule has 0 spiro atoms. The van der Waals surface area contributed by atoms with E-state index in [1.807, 2.05) is 0 Å². The third-order valence-corrected chi connectivity index (χ3v) is 2.95. The maximum Gasteiger partial charge on any atom is 0.194 e. The van der Waals surface area contributed by atoms with Crippen LogP contribution in [0.25, 0.3) is 0 Å². The van der Waals surface area contributed by atoms with Crippen molar-refractivity contribution in [3.63, 3.8) is 0 Å². The molecule has 2 aromatic carbocycles. The van der Waals surface area contributed by atoms with Gasteiger partial charge in [-0.05, 0) is 0 Å². The van der Waals surface area contributed by atoms with E-state index in [1.54, 1.807) is 36.4 Å². The van der Waals surface area contributed by atoms with Crippen LogP contribution in [-0.2, 0) is 0 Å². The molecule has 2 rings (SSSR count). The van der Waals surface area contributed by atoms with E-state index in [4.69, 9.17) is 0 Å². The zero-order chi connectivity index (χ0) is 14.5. The van der Waals surface area contributed by atoms with Crippen LogP contribution in [0.4, 0.5) is 0 Å². The first-order valence-electron chi connectivity index (χ1n) is 6.16.